The molecule has 0 saturated heterocycles. The summed E-state index contributed by atoms with van der Waals surface area (Å²) in [6.07, 6.45) is 4.30. The van der Waals surface area contributed by atoms with E-state index in [9.17, 15) is 9.59 Å². The number of fused-ring (bicyclic) bond motifs is 2. The van der Waals surface area contributed by atoms with Crippen LogP contribution in [0.25, 0.3) is 21.8 Å². The number of para-hydroxylation sites is 2. The van der Waals surface area contributed by atoms with Gasteiger partial charge in [0.1, 0.15) is 6.54 Å². The summed E-state index contributed by atoms with van der Waals surface area (Å²) < 4.78 is 3.52. The van der Waals surface area contributed by atoms with Crippen molar-refractivity contribution in [2.24, 2.45) is 0 Å². The molecule has 0 aliphatic carbocycles. The molecule has 0 fully saturated rings. The molecule has 0 radical (unpaired) electrons. The third-order valence-corrected chi connectivity index (χ3v) is 4.62. The lowest BCUT2D eigenvalue weighted by Gasteiger charge is -2.09. The van der Waals surface area contributed by atoms with E-state index in [2.05, 4.69) is 39.3 Å². The van der Waals surface area contributed by atoms with Crippen LogP contribution in [-0.2, 0) is 17.9 Å². The molecular formula is C21H20N4O2. The van der Waals surface area contributed by atoms with Crippen molar-refractivity contribution in [3.8, 4) is 0 Å². The van der Waals surface area contributed by atoms with E-state index in [1.807, 2.05) is 18.2 Å². The Morgan fingerprint density at radius 3 is 2.74 bits per heavy atom. The molecule has 6 nitrogen and oxygen atoms in total. The first-order chi connectivity index (χ1) is 13.2. The van der Waals surface area contributed by atoms with Gasteiger partial charge >= 0.3 is 0 Å². The first kappa shape index (κ1) is 17.0. The number of nitrogens with zero attached hydrogens (tertiary/aromatic N) is 3. The minimum Gasteiger partial charge on any atom is -0.354 e. The van der Waals surface area contributed by atoms with Crippen molar-refractivity contribution in [2.75, 3.05) is 6.54 Å². The van der Waals surface area contributed by atoms with Crippen molar-refractivity contribution in [1.29, 1.82) is 0 Å². The number of benzene rings is 2. The predicted octanol–water partition coefficient (Wildman–Crippen LogP) is 2.56. The number of aryl methyl sites for hydroxylation is 1. The van der Waals surface area contributed by atoms with Gasteiger partial charge in [0.05, 0.1) is 17.2 Å². The van der Waals surface area contributed by atoms with E-state index in [-0.39, 0.29) is 18.0 Å². The van der Waals surface area contributed by atoms with Gasteiger partial charge in [-0.05, 0) is 36.1 Å². The van der Waals surface area contributed by atoms with Gasteiger partial charge in [-0.3, -0.25) is 14.2 Å². The van der Waals surface area contributed by atoms with E-state index in [4.69, 9.17) is 0 Å². The van der Waals surface area contributed by atoms with Gasteiger partial charge in [-0.2, -0.15) is 0 Å². The number of carbonyl (C=O) groups excluding carboxylic acids is 1. The van der Waals surface area contributed by atoms with Crippen LogP contribution in [0, 0.1) is 0 Å². The largest absolute Gasteiger partial charge is 0.354 e. The second-order valence-corrected chi connectivity index (χ2v) is 6.47. The highest BCUT2D eigenvalue weighted by molar-refractivity contribution is 5.80. The van der Waals surface area contributed by atoms with Crippen molar-refractivity contribution in [1.82, 2.24) is 19.4 Å². The van der Waals surface area contributed by atoms with Crippen molar-refractivity contribution < 1.29 is 4.79 Å². The number of amides is 1. The van der Waals surface area contributed by atoms with E-state index in [1.165, 1.54) is 21.8 Å². The van der Waals surface area contributed by atoms with Gasteiger partial charge in [-0.15, -0.1) is 0 Å². The molecule has 2 aromatic heterocycles. The molecule has 0 aliphatic rings. The van der Waals surface area contributed by atoms with Crippen LogP contribution in [0.15, 0.2) is 71.9 Å². The van der Waals surface area contributed by atoms with E-state index in [0.717, 1.165) is 13.0 Å². The normalized spacial score (nSPS) is 11.1. The molecule has 0 aliphatic heterocycles. The Labute approximate surface area is 156 Å². The molecular weight excluding hydrogens is 340 g/mol. The number of hydrogen-bond donors (Lipinski definition) is 1. The molecule has 1 N–H and O–H groups in total. The number of aromatic nitrogens is 3. The molecule has 0 spiro atoms. The molecule has 0 unspecified atom stereocenters. The molecule has 2 heterocycles. The van der Waals surface area contributed by atoms with Crippen molar-refractivity contribution in [2.45, 2.75) is 19.5 Å². The Hall–Kier alpha value is -3.41. The second-order valence-electron chi connectivity index (χ2n) is 6.47. The zero-order valence-corrected chi connectivity index (χ0v) is 14.8. The van der Waals surface area contributed by atoms with E-state index in [0.29, 0.717) is 17.4 Å². The summed E-state index contributed by atoms with van der Waals surface area (Å²) >= 11 is 0. The third-order valence-electron chi connectivity index (χ3n) is 4.62. The highest BCUT2D eigenvalue weighted by Gasteiger charge is 2.07. The predicted molar refractivity (Wildman–Crippen MR) is 106 cm³/mol. The Bertz CT molecular complexity index is 1160. The van der Waals surface area contributed by atoms with Gasteiger partial charge in [0.25, 0.3) is 5.56 Å². The maximum atomic E-state index is 12.4. The minimum absolute atomic E-state index is 0.0247. The van der Waals surface area contributed by atoms with Crippen LogP contribution < -0.4 is 10.9 Å². The van der Waals surface area contributed by atoms with Crippen LogP contribution >= 0.6 is 0 Å². The molecule has 4 aromatic rings. The molecule has 0 bridgehead atoms. The fourth-order valence-corrected chi connectivity index (χ4v) is 3.24. The fraction of sp³-hybridized carbons (Fsp3) is 0.190. The van der Waals surface area contributed by atoms with Crippen LogP contribution in [0.5, 0.6) is 0 Å². The zero-order chi connectivity index (χ0) is 18.6. The average molecular weight is 360 g/mol. The van der Waals surface area contributed by atoms with Crippen LogP contribution in [0.4, 0.5) is 0 Å². The quantitative estimate of drug-likeness (QED) is 0.537. The summed E-state index contributed by atoms with van der Waals surface area (Å²) in [5.74, 6) is -0.188. The fourth-order valence-electron chi connectivity index (χ4n) is 3.24. The summed E-state index contributed by atoms with van der Waals surface area (Å²) in [7, 11) is 0. The molecule has 27 heavy (non-hydrogen) atoms. The molecule has 2 aromatic carbocycles. The summed E-state index contributed by atoms with van der Waals surface area (Å²) in [5.41, 5.74) is 1.63. The lowest BCUT2D eigenvalue weighted by molar-refractivity contribution is -0.121. The number of rotatable bonds is 6. The van der Waals surface area contributed by atoms with Crippen molar-refractivity contribution in [3.05, 3.63) is 77.5 Å². The molecule has 1 amide bonds. The minimum atomic E-state index is -0.199. The van der Waals surface area contributed by atoms with E-state index >= 15 is 0 Å². The molecule has 0 saturated carbocycles. The van der Waals surface area contributed by atoms with Crippen LogP contribution in [0.2, 0.25) is 0 Å². The first-order valence-electron chi connectivity index (χ1n) is 8.97. The number of nitrogens with one attached hydrogen (secondary N) is 1. The number of carbonyl (C=O) groups is 1. The number of hydrogen-bond acceptors (Lipinski definition) is 3. The van der Waals surface area contributed by atoms with Gasteiger partial charge in [0.15, 0.2) is 0 Å². The van der Waals surface area contributed by atoms with Gasteiger partial charge in [-0.1, -0.05) is 30.3 Å². The van der Waals surface area contributed by atoms with Gasteiger partial charge in [-0.25, -0.2) is 4.98 Å². The van der Waals surface area contributed by atoms with Crippen LogP contribution in [-0.4, -0.2) is 26.6 Å². The highest BCUT2D eigenvalue weighted by atomic mass is 16.2. The maximum absolute atomic E-state index is 12.4. The van der Waals surface area contributed by atoms with Crippen LogP contribution in [0.3, 0.4) is 0 Å². The summed E-state index contributed by atoms with van der Waals surface area (Å²) in [4.78, 5) is 28.8. The van der Waals surface area contributed by atoms with E-state index in [1.54, 1.807) is 18.2 Å². The smallest absolute Gasteiger partial charge is 0.261 e. The molecule has 0 atom stereocenters. The Morgan fingerprint density at radius 1 is 1.00 bits per heavy atom. The van der Waals surface area contributed by atoms with Gasteiger partial charge in [0, 0.05) is 24.8 Å². The van der Waals surface area contributed by atoms with E-state index < -0.39 is 0 Å². The molecule has 136 valence electrons. The summed E-state index contributed by atoms with van der Waals surface area (Å²) in [6, 6.07) is 17.4. The summed E-state index contributed by atoms with van der Waals surface area (Å²) in [6.45, 7) is 1.36. The Morgan fingerprint density at radius 2 is 1.81 bits per heavy atom. The lowest BCUT2D eigenvalue weighted by Crippen LogP contribution is -2.33. The standard InChI is InChI=1S/C21H20N4O2/c26-20(14-25-15-23-18-8-3-2-7-17(18)21(25)27)22-11-5-12-24-13-10-16-6-1-4-9-19(16)24/h1-4,6-10,13,15H,5,11-12,14H2,(H,22,26). The van der Waals surface area contributed by atoms with Crippen molar-refractivity contribution in [3.63, 3.8) is 0 Å². The topological polar surface area (TPSA) is 68.9 Å². The zero-order valence-electron chi connectivity index (χ0n) is 14.8. The highest BCUT2D eigenvalue weighted by Crippen LogP contribution is 2.15. The lowest BCUT2D eigenvalue weighted by atomic mass is 10.2. The summed E-state index contributed by atoms with van der Waals surface area (Å²) in [5, 5.41) is 4.61. The SMILES string of the molecule is O=C(Cn1cnc2ccccc2c1=O)NCCCn1ccc2ccccc21. The monoisotopic (exact) mass is 360 g/mol. The van der Waals surface area contributed by atoms with Crippen LogP contribution in [0.1, 0.15) is 6.42 Å². The van der Waals surface area contributed by atoms with Crippen molar-refractivity contribution >= 4 is 27.7 Å². The average Bonchev–Trinajstić information content (AvgIpc) is 3.11. The van der Waals surface area contributed by atoms with Gasteiger partial charge in [0.2, 0.25) is 5.91 Å². The Balaban J connectivity index is 1.32. The Kier molecular flexibility index (Phi) is 4.70. The molecule has 4 rings (SSSR count). The van der Waals surface area contributed by atoms with Gasteiger partial charge < -0.3 is 9.88 Å². The first-order valence-corrected chi connectivity index (χ1v) is 8.97. The molecule has 6 heteroatoms. The third kappa shape index (κ3) is 3.60. The second kappa shape index (κ2) is 7.45. The maximum Gasteiger partial charge on any atom is 0.261 e.